The second-order valence-electron chi connectivity index (χ2n) is 5.67. The normalized spacial score (nSPS) is 20.0. The molecule has 2 atom stereocenters. The van der Waals surface area contributed by atoms with E-state index in [4.69, 9.17) is 4.74 Å². The summed E-state index contributed by atoms with van der Waals surface area (Å²) >= 11 is 0. The third-order valence-corrected chi connectivity index (χ3v) is 3.74. The summed E-state index contributed by atoms with van der Waals surface area (Å²) in [6.07, 6.45) is 0.286. The van der Waals surface area contributed by atoms with Crippen molar-refractivity contribution in [1.82, 2.24) is 0 Å². The number of rotatable bonds is 4. The lowest BCUT2D eigenvalue weighted by Crippen LogP contribution is -2.39. The van der Waals surface area contributed by atoms with Gasteiger partial charge < -0.3 is 20.1 Å². The smallest absolute Gasteiger partial charge is 0.131 e. The molecule has 0 aliphatic carbocycles. The molecule has 1 aromatic carbocycles. The summed E-state index contributed by atoms with van der Waals surface area (Å²) in [4.78, 5) is 0. The SMILES string of the molecule is CC[C@@H](O)c1ccc2c(c1CO)O[C@@H](C(C)(C)O)C2. The van der Waals surface area contributed by atoms with Crippen molar-refractivity contribution in [2.75, 3.05) is 0 Å². The van der Waals surface area contributed by atoms with Gasteiger partial charge in [0.1, 0.15) is 11.9 Å². The van der Waals surface area contributed by atoms with Crippen LogP contribution in [0.5, 0.6) is 5.75 Å². The molecule has 3 N–H and O–H groups in total. The average Bonchev–Trinajstić information content (AvgIpc) is 2.80. The minimum Gasteiger partial charge on any atom is -0.486 e. The number of aliphatic hydroxyl groups is 3. The van der Waals surface area contributed by atoms with Gasteiger partial charge in [-0.1, -0.05) is 19.1 Å². The predicted octanol–water partition coefficient (Wildman–Crippen LogP) is 1.70. The molecule has 0 unspecified atom stereocenters. The van der Waals surface area contributed by atoms with Gasteiger partial charge in [-0.15, -0.1) is 0 Å². The van der Waals surface area contributed by atoms with Crippen molar-refractivity contribution in [2.45, 2.75) is 58.0 Å². The maximum atomic E-state index is 10.0. The third kappa shape index (κ3) is 2.61. The fourth-order valence-corrected chi connectivity index (χ4v) is 2.47. The zero-order valence-corrected chi connectivity index (χ0v) is 11.7. The fourth-order valence-electron chi connectivity index (χ4n) is 2.47. The summed E-state index contributed by atoms with van der Waals surface area (Å²) in [6.45, 7) is 5.14. The van der Waals surface area contributed by atoms with Crippen molar-refractivity contribution in [2.24, 2.45) is 0 Å². The molecule has 0 aromatic heterocycles. The lowest BCUT2D eigenvalue weighted by atomic mass is 9.94. The summed E-state index contributed by atoms with van der Waals surface area (Å²) in [6, 6.07) is 3.75. The van der Waals surface area contributed by atoms with E-state index in [2.05, 4.69) is 0 Å². The zero-order chi connectivity index (χ0) is 14.2. The van der Waals surface area contributed by atoms with E-state index in [1.165, 1.54) is 0 Å². The Hall–Kier alpha value is -1.10. The molecule has 0 spiro atoms. The quantitative estimate of drug-likeness (QED) is 0.775. The Morgan fingerprint density at radius 3 is 2.63 bits per heavy atom. The first kappa shape index (κ1) is 14.3. The monoisotopic (exact) mass is 266 g/mol. The number of hydrogen-bond acceptors (Lipinski definition) is 4. The molecule has 2 rings (SSSR count). The number of fused-ring (bicyclic) bond motifs is 1. The van der Waals surface area contributed by atoms with E-state index in [9.17, 15) is 15.3 Å². The minimum atomic E-state index is -0.935. The molecule has 0 radical (unpaired) electrons. The van der Waals surface area contributed by atoms with Crippen LogP contribution in [0, 0.1) is 0 Å². The molecule has 0 saturated heterocycles. The highest BCUT2D eigenvalue weighted by Gasteiger charge is 2.36. The lowest BCUT2D eigenvalue weighted by molar-refractivity contribution is -0.0235. The predicted molar refractivity (Wildman–Crippen MR) is 72.0 cm³/mol. The third-order valence-electron chi connectivity index (χ3n) is 3.74. The van der Waals surface area contributed by atoms with E-state index in [1.807, 2.05) is 19.1 Å². The van der Waals surface area contributed by atoms with Gasteiger partial charge in [-0.05, 0) is 31.4 Å². The van der Waals surface area contributed by atoms with E-state index in [1.54, 1.807) is 13.8 Å². The van der Waals surface area contributed by atoms with Gasteiger partial charge >= 0.3 is 0 Å². The molecular weight excluding hydrogens is 244 g/mol. The van der Waals surface area contributed by atoms with Crippen LogP contribution in [0.25, 0.3) is 0 Å². The fraction of sp³-hybridized carbons (Fsp3) is 0.600. The van der Waals surface area contributed by atoms with Crippen molar-refractivity contribution < 1.29 is 20.1 Å². The molecule has 106 valence electrons. The summed E-state index contributed by atoms with van der Waals surface area (Å²) in [5.41, 5.74) is 1.39. The van der Waals surface area contributed by atoms with E-state index in [0.717, 1.165) is 5.56 Å². The maximum Gasteiger partial charge on any atom is 0.131 e. The molecule has 0 amide bonds. The van der Waals surface area contributed by atoms with Crippen LogP contribution in [-0.2, 0) is 13.0 Å². The molecule has 4 nitrogen and oxygen atoms in total. The van der Waals surface area contributed by atoms with Crippen LogP contribution in [0.2, 0.25) is 0 Å². The van der Waals surface area contributed by atoms with Gasteiger partial charge in [0.15, 0.2) is 0 Å². The Bertz CT molecular complexity index is 462. The molecule has 1 aliphatic heterocycles. The molecule has 0 bridgehead atoms. The van der Waals surface area contributed by atoms with Gasteiger partial charge in [0.05, 0.1) is 18.3 Å². The van der Waals surface area contributed by atoms with E-state index in [-0.39, 0.29) is 12.7 Å². The number of hydrogen-bond donors (Lipinski definition) is 3. The molecular formula is C15H22O4. The first-order valence-electron chi connectivity index (χ1n) is 6.71. The largest absolute Gasteiger partial charge is 0.486 e. The highest BCUT2D eigenvalue weighted by molar-refractivity contribution is 5.50. The van der Waals surface area contributed by atoms with Crippen LogP contribution in [0.3, 0.4) is 0 Å². The van der Waals surface area contributed by atoms with Crippen molar-refractivity contribution in [1.29, 1.82) is 0 Å². The average molecular weight is 266 g/mol. The molecule has 0 saturated carbocycles. The number of aliphatic hydroxyl groups excluding tert-OH is 2. The van der Waals surface area contributed by atoms with Crippen LogP contribution in [0.15, 0.2) is 12.1 Å². The van der Waals surface area contributed by atoms with Crippen LogP contribution < -0.4 is 4.74 Å². The van der Waals surface area contributed by atoms with Crippen LogP contribution >= 0.6 is 0 Å². The number of benzene rings is 1. The lowest BCUT2D eigenvalue weighted by Gasteiger charge is -2.25. The van der Waals surface area contributed by atoms with Gasteiger partial charge in [0.2, 0.25) is 0 Å². The highest BCUT2D eigenvalue weighted by Crippen LogP contribution is 2.39. The number of ether oxygens (including phenoxy) is 1. The Labute approximate surface area is 113 Å². The minimum absolute atomic E-state index is 0.172. The molecule has 0 fully saturated rings. The van der Waals surface area contributed by atoms with E-state index in [0.29, 0.717) is 29.7 Å². The van der Waals surface area contributed by atoms with Gasteiger partial charge in [-0.3, -0.25) is 0 Å². The van der Waals surface area contributed by atoms with Gasteiger partial charge in [0.25, 0.3) is 0 Å². The second-order valence-corrected chi connectivity index (χ2v) is 5.67. The summed E-state index contributed by atoms with van der Waals surface area (Å²) in [5.74, 6) is 0.625. The Balaban J connectivity index is 2.40. The van der Waals surface area contributed by atoms with Crippen LogP contribution in [-0.4, -0.2) is 27.0 Å². The van der Waals surface area contributed by atoms with E-state index < -0.39 is 11.7 Å². The topological polar surface area (TPSA) is 69.9 Å². The molecule has 19 heavy (non-hydrogen) atoms. The van der Waals surface area contributed by atoms with Crippen molar-refractivity contribution in [3.05, 3.63) is 28.8 Å². The van der Waals surface area contributed by atoms with E-state index >= 15 is 0 Å². The van der Waals surface area contributed by atoms with Crippen molar-refractivity contribution >= 4 is 0 Å². The summed E-state index contributed by atoms with van der Waals surface area (Å²) < 4.78 is 5.81. The Kier molecular flexibility index (Phi) is 3.85. The summed E-state index contributed by atoms with van der Waals surface area (Å²) in [7, 11) is 0. The Morgan fingerprint density at radius 1 is 1.42 bits per heavy atom. The molecule has 1 aromatic rings. The second kappa shape index (κ2) is 5.12. The van der Waals surface area contributed by atoms with Gasteiger partial charge in [-0.2, -0.15) is 0 Å². The van der Waals surface area contributed by atoms with Gasteiger partial charge in [-0.25, -0.2) is 0 Å². The zero-order valence-electron chi connectivity index (χ0n) is 11.7. The first-order chi connectivity index (χ1) is 8.88. The molecule has 1 aliphatic rings. The van der Waals surface area contributed by atoms with Crippen molar-refractivity contribution in [3.8, 4) is 5.75 Å². The standard InChI is InChI=1S/C15H22O4/c1-4-12(17)10-6-5-9-7-13(15(2,3)18)19-14(9)11(10)8-16/h5-6,12-13,16-18H,4,7-8H2,1-3H3/t12-,13-/m1/s1. The summed E-state index contributed by atoms with van der Waals surface area (Å²) in [5, 5.41) is 29.6. The highest BCUT2D eigenvalue weighted by atomic mass is 16.5. The van der Waals surface area contributed by atoms with Crippen LogP contribution in [0.4, 0.5) is 0 Å². The Morgan fingerprint density at radius 2 is 2.11 bits per heavy atom. The van der Waals surface area contributed by atoms with Crippen LogP contribution in [0.1, 0.15) is 50.0 Å². The first-order valence-corrected chi connectivity index (χ1v) is 6.71. The maximum absolute atomic E-state index is 10.0. The van der Waals surface area contributed by atoms with Gasteiger partial charge in [0, 0.05) is 12.0 Å². The molecule has 4 heteroatoms. The van der Waals surface area contributed by atoms with Crippen molar-refractivity contribution in [3.63, 3.8) is 0 Å². The molecule has 1 heterocycles.